The molecule has 3 rings (SSSR count). The highest BCUT2D eigenvalue weighted by molar-refractivity contribution is 6.30. The van der Waals surface area contributed by atoms with E-state index < -0.39 is 5.60 Å². The third kappa shape index (κ3) is 4.82. The number of benzene rings is 1. The molecule has 0 saturated heterocycles. The van der Waals surface area contributed by atoms with Gasteiger partial charge in [0.2, 0.25) is 0 Å². The Morgan fingerprint density at radius 3 is 3.00 bits per heavy atom. The second-order valence-electron chi connectivity index (χ2n) is 6.30. The van der Waals surface area contributed by atoms with Gasteiger partial charge in [0.15, 0.2) is 0 Å². The van der Waals surface area contributed by atoms with Gasteiger partial charge in [-0.15, -0.1) is 0 Å². The van der Waals surface area contributed by atoms with Gasteiger partial charge in [-0.05, 0) is 49.6 Å². The molecule has 2 N–H and O–H groups in total. The molecule has 1 aromatic carbocycles. The monoisotopic (exact) mass is 354 g/mol. The molecule has 2 aromatic rings. The average Bonchev–Trinajstić information content (AvgIpc) is 2.61. The van der Waals surface area contributed by atoms with Crippen LogP contribution in [0.1, 0.15) is 41.6 Å². The highest BCUT2D eigenvalue weighted by Gasteiger charge is 2.33. The van der Waals surface area contributed by atoms with Crippen molar-refractivity contribution in [2.24, 2.45) is 0 Å². The van der Waals surface area contributed by atoms with Crippen LogP contribution in [0.2, 0.25) is 5.02 Å². The first kappa shape index (κ1) is 17.5. The van der Waals surface area contributed by atoms with Crippen LogP contribution >= 0.6 is 11.6 Å². The van der Waals surface area contributed by atoms with Gasteiger partial charge in [-0.2, -0.15) is 0 Å². The van der Waals surface area contributed by atoms with Crippen molar-refractivity contribution in [2.45, 2.75) is 37.3 Å². The van der Waals surface area contributed by atoms with Crippen LogP contribution in [0, 0.1) is 11.8 Å². The number of aliphatic hydroxyl groups is 1. The Balaban J connectivity index is 1.67. The third-order valence-electron chi connectivity index (χ3n) is 4.25. The number of amides is 1. The lowest BCUT2D eigenvalue weighted by Gasteiger charge is -2.33. The second-order valence-corrected chi connectivity index (χ2v) is 6.74. The van der Waals surface area contributed by atoms with Crippen molar-refractivity contribution in [3.05, 3.63) is 64.9 Å². The molecule has 1 saturated carbocycles. The van der Waals surface area contributed by atoms with E-state index in [-0.39, 0.29) is 11.9 Å². The average molecular weight is 355 g/mol. The molecular weight excluding hydrogens is 336 g/mol. The Morgan fingerprint density at radius 1 is 1.36 bits per heavy atom. The molecule has 128 valence electrons. The molecule has 1 aromatic heterocycles. The summed E-state index contributed by atoms with van der Waals surface area (Å²) in [5.74, 6) is 5.79. The maximum Gasteiger partial charge on any atom is 0.253 e. The van der Waals surface area contributed by atoms with Crippen LogP contribution in [0.3, 0.4) is 0 Å². The number of pyridine rings is 1. The van der Waals surface area contributed by atoms with E-state index in [0.717, 1.165) is 18.4 Å². The summed E-state index contributed by atoms with van der Waals surface area (Å²) >= 11 is 5.96. The molecule has 0 aliphatic heterocycles. The van der Waals surface area contributed by atoms with E-state index in [1.807, 2.05) is 12.1 Å². The van der Waals surface area contributed by atoms with Crippen molar-refractivity contribution < 1.29 is 9.90 Å². The van der Waals surface area contributed by atoms with E-state index in [1.165, 1.54) is 6.20 Å². The number of nitrogens with zero attached hydrogens (tertiary/aromatic N) is 1. The zero-order valence-electron chi connectivity index (χ0n) is 13.7. The maximum atomic E-state index is 12.3. The number of carbonyl (C=O) groups excluding carboxylic acids is 1. The summed E-state index contributed by atoms with van der Waals surface area (Å²) in [5, 5.41) is 14.4. The molecule has 0 spiro atoms. The van der Waals surface area contributed by atoms with Crippen molar-refractivity contribution in [1.82, 2.24) is 10.3 Å². The molecule has 25 heavy (non-hydrogen) atoms. The number of halogens is 1. The molecule has 1 amide bonds. The van der Waals surface area contributed by atoms with E-state index >= 15 is 0 Å². The van der Waals surface area contributed by atoms with Gasteiger partial charge in [-0.1, -0.05) is 29.5 Å². The van der Waals surface area contributed by atoms with Gasteiger partial charge in [-0.25, -0.2) is 0 Å². The van der Waals surface area contributed by atoms with Crippen molar-refractivity contribution >= 4 is 17.5 Å². The predicted molar refractivity (Wildman–Crippen MR) is 97.2 cm³/mol. The summed E-state index contributed by atoms with van der Waals surface area (Å²) in [7, 11) is 0. The van der Waals surface area contributed by atoms with Gasteiger partial charge in [0.25, 0.3) is 5.91 Å². The van der Waals surface area contributed by atoms with Gasteiger partial charge >= 0.3 is 0 Å². The van der Waals surface area contributed by atoms with Crippen LogP contribution in [0.4, 0.5) is 0 Å². The Kier molecular flexibility index (Phi) is 5.37. The first-order valence-electron chi connectivity index (χ1n) is 8.26. The molecule has 1 aliphatic carbocycles. The van der Waals surface area contributed by atoms with Crippen LogP contribution in [-0.2, 0) is 0 Å². The molecule has 4 nitrogen and oxygen atoms in total. The molecule has 1 unspecified atom stereocenters. The van der Waals surface area contributed by atoms with Gasteiger partial charge in [0.1, 0.15) is 5.60 Å². The minimum Gasteiger partial charge on any atom is -0.378 e. The molecule has 2 atom stereocenters. The molecule has 0 radical (unpaired) electrons. The zero-order chi connectivity index (χ0) is 17.7. The molecule has 0 bridgehead atoms. The van der Waals surface area contributed by atoms with Crippen LogP contribution < -0.4 is 5.32 Å². The largest absolute Gasteiger partial charge is 0.378 e. The summed E-state index contributed by atoms with van der Waals surface area (Å²) in [6.07, 6.45) is 5.79. The number of nitrogens with one attached hydrogen (secondary N) is 1. The summed E-state index contributed by atoms with van der Waals surface area (Å²) < 4.78 is 0. The predicted octanol–water partition coefficient (Wildman–Crippen LogP) is 3.19. The smallest absolute Gasteiger partial charge is 0.253 e. The van der Waals surface area contributed by atoms with E-state index in [2.05, 4.69) is 22.1 Å². The van der Waals surface area contributed by atoms with Crippen molar-refractivity contribution in [3.63, 3.8) is 0 Å². The van der Waals surface area contributed by atoms with E-state index in [1.54, 1.807) is 30.5 Å². The normalized spacial score (nSPS) is 22.6. The lowest BCUT2D eigenvalue weighted by atomic mass is 9.82. The number of hydrogen-bond donors (Lipinski definition) is 2. The number of aromatic nitrogens is 1. The lowest BCUT2D eigenvalue weighted by Crippen LogP contribution is -2.45. The fraction of sp³-hybridized carbons (Fsp3) is 0.300. The minimum atomic E-state index is -1.10. The summed E-state index contributed by atoms with van der Waals surface area (Å²) in [6.45, 7) is 0. The SMILES string of the molecule is O=C(N[C@@H]1CCCC(O)(C#Cc2cccc(Cl)c2)C1)c1cccnc1. The first-order valence-corrected chi connectivity index (χ1v) is 8.64. The Morgan fingerprint density at radius 2 is 2.24 bits per heavy atom. The second kappa shape index (κ2) is 7.69. The van der Waals surface area contributed by atoms with E-state index in [0.29, 0.717) is 23.4 Å². The standard InChI is InChI=1S/C20H19ClN2O2/c21-17-6-1-4-15(12-17)8-10-20(25)9-2-7-18(13-20)23-19(24)16-5-3-11-22-14-16/h1,3-6,11-12,14,18,25H,2,7,9,13H2,(H,23,24)/t18-,20?/m1/s1. The topological polar surface area (TPSA) is 62.2 Å². The summed E-state index contributed by atoms with van der Waals surface area (Å²) in [5.41, 5.74) is 0.178. The fourth-order valence-corrected chi connectivity index (χ4v) is 3.20. The zero-order valence-corrected chi connectivity index (χ0v) is 14.5. The van der Waals surface area contributed by atoms with Crippen LogP contribution in [0.25, 0.3) is 0 Å². The third-order valence-corrected chi connectivity index (χ3v) is 4.49. The highest BCUT2D eigenvalue weighted by atomic mass is 35.5. The van der Waals surface area contributed by atoms with E-state index in [9.17, 15) is 9.90 Å². The fourth-order valence-electron chi connectivity index (χ4n) is 3.01. The van der Waals surface area contributed by atoms with Crippen molar-refractivity contribution in [3.8, 4) is 11.8 Å². The van der Waals surface area contributed by atoms with Crippen LogP contribution in [-0.4, -0.2) is 27.6 Å². The minimum absolute atomic E-state index is 0.111. The van der Waals surface area contributed by atoms with Crippen LogP contribution in [0.15, 0.2) is 48.8 Å². The molecular formula is C20H19ClN2O2. The first-order chi connectivity index (χ1) is 12.0. The summed E-state index contributed by atoms with van der Waals surface area (Å²) in [6, 6.07) is 10.6. The van der Waals surface area contributed by atoms with Crippen molar-refractivity contribution in [1.29, 1.82) is 0 Å². The van der Waals surface area contributed by atoms with Crippen LogP contribution in [0.5, 0.6) is 0 Å². The Hall–Kier alpha value is -2.35. The maximum absolute atomic E-state index is 12.3. The number of hydrogen-bond acceptors (Lipinski definition) is 3. The molecule has 5 heteroatoms. The Labute approximate surface area is 152 Å². The summed E-state index contributed by atoms with van der Waals surface area (Å²) in [4.78, 5) is 16.2. The van der Waals surface area contributed by atoms with E-state index in [4.69, 9.17) is 11.6 Å². The van der Waals surface area contributed by atoms with Gasteiger partial charge < -0.3 is 10.4 Å². The molecule has 1 aliphatic rings. The number of carbonyl (C=O) groups is 1. The van der Waals surface area contributed by atoms with Gasteiger partial charge in [0, 0.05) is 35.4 Å². The van der Waals surface area contributed by atoms with Gasteiger partial charge in [0.05, 0.1) is 5.56 Å². The van der Waals surface area contributed by atoms with Gasteiger partial charge in [-0.3, -0.25) is 9.78 Å². The highest BCUT2D eigenvalue weighted by Crippen LogP contribution is 2.28. The lowest BCUT2D eigenvalue weighted by molar-refractivity contribution is 0.0452. The Bertz CT molecular complexity index is 813. The molecule has 1 heterocycles. The van der Waals surface area contributed by atoms with Crippen molar-refractivity contribution in [2.75, 3.05) is 0 Å². The number of rotatable bonds is 2. The molecule has 1 fully saturated rings. The quantitative estimate of drug-likeness (QED) is 0.814.